The summed E-state index contributed by atoms with van der Waals surface area (Å²) in [7, 11) is 0. The molecule has 0 spiro atoms. The van der Waals surface area contributed by atoms with Gasteiger partial charge in [0.05, 0.1) is 7.14 Å². The molecular formula is C6F3I2N. The van der Waals surface area contributed by atoms with Crippen LogP contribution in [0.3, 0.4) is 0 Å². The van der Waals surface area contributed by atoms with Gasteiger partial charge in [0.25, 0.3) is 0 Å². The van der Waals surface area contributed by atoms with Crippen molar-refractivity contribution in [2.24, 2.45) is 0 Å². The van der Waals surface area contributed by atoms with Gasteiger partial charge < -0.3 is 0 Å². The second kappa shape index (κ2) is 3.56. The molecule has 64 valence electrons. The van der Waals surface area contributed by atoms with Gasteiger partial charge in [0.2, 0.25) is 0 Å². The fraction of sp³-hybridized carbons (Fsp3) is 0. The Morgan fingerprint density at radius 3 is 1.50 bits per heavy atom. The molecule has 0 fully saturated rings. The van der Waals surface area contributed by atoms with Gasteiger partial charge in [0, 0.05) is 0 Å². The lowest BCUT2D eigenvalue weighted by atomic mass is 10.3. The number of nitrogens with zero attached hydrogens (tertiary/aromatic N) is 1. The van der Waals surface area contributed by atoms with Crippen molar-refractivity contribution in [3.05, 3.63) is 24.6 Å². The molecule has 1 aromatic carbocycles. The molecule has 0 aliphatic carbocycles. The molecule has 0 heterocycles. The lowest BCUT2D eigenvalue weighted by Crippen LogP contribution is -1.99. The molecule has 12 heavy (non-hydrogen) atoms. The van der Waals surface area contributed by atoms with Crippen LogP contribution in [0, 0.1) is 24.6 Å². The summed E-state index contributed by atoms with van der Waals surface area (Å²) in [4.78, 5) is 0. The van der Waals surface area contributed by atoms with Gasteiger partial charge in [-0.3, -0.25) is 0 Å². The first-order valence-corrected chi connectivity index (χ1v) is 4.83. The molecule has 0 unspecified atom stereocenters. The number of halogens is 5. The molecule has 0 atom stereocenters. The Labute approximate surface area is 93.8 Å². The summed E-state index contributed by atoms with van der Waals surface area (Å²) < 4.78 is 37.4. The van der Waals surface area contributed by atoms with E-state index < -0.39 is 30.3 Å². The zero-order valence-corrected chi connectivity index (χ0v) is 9.65. The molecule has 1 rings (SSSR count). The maximum Gasteiger partial charge on any atom is 0.170 e. The van der Waals surface area contributed by atoms with E-state index in [2.05, 4.69) is 0 Å². The highest BCUT2D eigenvalue weighted by molar-refractivity contribution is 14.1. The Bertz CT molecular complexity index is 235. The van der Waals surface area contributed by atoms with E-state index in [9.17, 15) is 13.2 Å². The average Bonchev–Trinajstić information content (AvgIpc) is 2.08. The predicted octanol–water partition coefficient (Wildman–Crippen LogP) is 3.01. The second-order valence-corrected chi connectivity index (χ2v) is 4.08. The summed E-state index contributed by atoms with van der Waals surface area (Å²) in [6.45, 7) is 0. The largest absolute Gasteiger partial charge is 0.204 e. The summed E-state index contributed by atoms with van der Waals surface area (Å²) in [5, 5.41) is 0. The average molecular weight is 397 g/mol. The van der Waals surface area contributed by atoms with Crippen molar-refractivity contribution >= 4 is 50.9 Å². The first-order valence-electron chi connectivity index (χ1n) is 2.67. The topological polar surface area (TPSA) is 22.3 Å². The van der Waals surface area contributed by atoms with Crippen molar-refractivity contribution in [3.8, 4) is 0 Å². The summed E-state index contributed by atoms with van der Waals surface area (Å²) in [6, 6.07) is 0. The minimum absolute atomic E-state index is 0.407. The SMILES string of the molecule is [N]c1c(F)c(I)c(F)c(I)c1F. The van der Waals surface area contributed by atoms with Gasteiger partial charge in [-0.25, -0.2) is 13.2 Å². The van der Waals surface area contributed by atoms with Crippen LogP contribution in [0.4, 0.5) is 18.9 Å². The first-order chi connectivity index (χ1) is 5.46. The van der Waals surface area contributed by atoms with E-state index in [1.54, 1.807) is 0 Å². The molecule has 0 aliphatic heterocycles. The Hall–Kier alpha value is 0.270. The molecular weight excluding hydrogens is 397 g/mol. The minimum atomic E-state index is -1.26. The van der Waals surface area contributed by atoms with Crippen LogP contribution in [0.1, 0.15) is 0 Å². The van der Waals surface area contributed by atoms with Crippen molar-refractivity contribution in [1.82, 2.24) is 5.73 Å². The van der Waals surface area contributed by atoms with Gasteiger partial charge in [0.1, 0.15) is 0 Å². The third-order valence-corrected chi connectivity index (χ3v) is 3.08. The molecule has 0 N–H and O–H groups in total. The van der Waals surface area contributed by atoms with E-state index in [1.165, 1.54) is 45.2 Å². The number of hydrogen-bond donors (Lipinski definition) is 0. The number of benzene rings is 1. The van der Waals surface area contributed by atoms with Crippen LogP contribution in [0.2, 0.25) is 0 Å². The van der Waals surface area contributed by atoms with Crippen molar-refractivity contribution in [1.29, 1.82) is 0 Å². The number of hydrogen-bond acceptors (Lipinski definition) is 0. The lowest BCUT2D eigenvalue weighted by molar-refractivity contribution is 0.527. The highest BCUT2D eigenvalue weighted by Gasteiger charge is 2.21. The normalized spacial score (nSPS) is 10.4. The zero-order valence-electron chi connectivity index (χ0n) is 5.34. The Balaban J connectivity index is 3.60. The van der Waals surface area contributed by atoms with Gasteiger partial charge in [0.15, 0.2) is 23.1 Å². The summed E-state index contributed by atoms with van der Waals surface area (Å²) in [5.74, 6) is -3.50. The maximum absolute atomic E-state index is 12.8. The van der Waals surface area contributed by atoms with Gasteiger partial charge in [-0.15, -0.1) is 5.73 Å². The third kappa shape index (κ3) is 1.50. The van der Waals surface area contributed by atoms with E-state index in [1.807, 2.05) is 0 Å². The molecule has 0 aliphatic rings. The van der Waals surface area contributed by atoms with Crippen molar-refractivity contribution in [2.45, 2.75) is 0 Å². The fourth-order valence-corrected chi connectivity index (χ4v) is 2.16. The van der Waals surface area contributed by atoms with Gasteiger partial charge in [-0.2, -0.15) is 0 Å². The van der Waals surface area contributed by atoms with Crippen LogP contribution in [0.25, 0.3) is 0 Å². The first kappa shape index (κ1) is 10.4. The van der Waals surface area contributed by atoms with Crippen molar-refractivity contribution < 1.29 is 13.2 Å². The molecule has 0 amide bonds. The standard InChI is InChI=1S/C6F3I2N/c7-1-4(10)2(8)6(12)3(9)5(1)11. The second-order valence-electron chi connectivity index (χ2n) is 1.92. The molecule has 0 aromatic heterocycles. The molecule has 1 nitrogen and oxygen atoms in total. The smallest absolute Gasteiger partial charge is 0.170 e. The van der Waals surface area contributed by atoms with Crippen LogP contribution in [-0.2, 0) is 0 Å². The molecule has 0 saturated carbocycles. The molecule has 0 bridgehead atoms. The fourth-order valence-electron chi connectivity index (χ4n) is 0.593. The van der Waals surface area contributed by atoms with Gasteiger partial charge in [-0.05, 0) is 45.2 Å². The third-order valence-electron chi connectivity index (χ3n) is 1.19. The Morgan fingerprint density at radius 2 is 1.17 bits per heavy atom. The molecule has 0 saturated heterocycles. The van der Waals surface area contributed by atoms with E-state index in [4.69, 9.17) is 5.73 Å². The lowest BCUT2D eigenvalue weighted by Gasteiger charge is -2.02. The summed E-state index contributed by atoms with van der Waals surface area (Å²) in [5.41, 5.74) is 7.63. The van der Waals surface area contributed by atoms with E-state index >= 15 is 0 Å². The highest BCUT2D eigenvalue weighted by atomic mass is 127. The van der Waals surface area contributed by atoms with Crippen molar-refractivity contribution in [3.63, 3.8) is 0 Å². The van der Waals surface area contributed by atoms with E-state index in [-0.39, 0.29) is 0 Å². The summed E-state index contributed by atoms with van der Waals surface area (Å²) in [6.07, 6.45) is 0. The van der Waals surface area contributed by atoms with Crippen LogP contribution < -0.4 is 5.73 Å². The minimum Gasteiger partial charge on any atom is -0.204 e. The number of rotatable bonds is 0. The maximum atomic E-state index is 12.8. The van der Waals surface area contributed by atoms with Crippen LogP contribution >= 0.6 is 45.2 Å². The highest BCUT2D eigenvalue weighted by Crippen LogP contribution is 2.29. The van der Waals surface area contributed by atoms with Crippen LogP contribution in [0.5, 0.6) is 0 Å². The molecule has 6 heteroatoms. The molecule has 1 aromatic rings. The Kier molecular flexibility index (Phi) is 3.07. The Morgan fingerprint density at radius 1 is 0.833 bits per heavy atom. The van der Waals surface area contributed by atoms with Crippen LogP contribution in [0.15, 0.2) is 0 Å². The summed E-state index contributed by atoms with van der Waals surface area (Å²) >= 11 is 2.71. The zero-order chi connectivity index (χ0) is 9.46. The van der Waals surface area contributed by atoms with Gasteiger partial charge >= 0.3 is 0 Å². The quantitative estimate of drug-likeness (QED) is 0.365. The van der Waals surface area contributed by atoms with E-state index in [0.717, 1.165) is 0 Å². The monoisotopic (exact) mass is 397 g/mol. The van der Waals surface area contributed by atoms with Crippen LogP contribution in [-0.4, -0.2) is 0 Å². The van der Waals surface area contributed by atoms with E-state index in [0.29, 0.717) is 0 Å². The molecule has 2 radical (unpaired) electrons. The van der Waals surface area contributed by atoms with Crippen molar-refractivity contribution in [2.75, 3.05) is 0 Å². The van der Waals surface area contributed by atoms with Gasteiger partial charge in [-0.1, -0.05) is 0 Å². The predicted molar refractivity (Wildman–Crippen MR) is 53.5 cm³/mol.